The number of rotatable bonds is 14. The van der Waals surface area contributed by atoms with Gasteiger partial charge in [-0.05, 0) is 23.1 Å². The van der Waals surface area contributed by atoms with Crippen molar-refractivity contribution in [1.82, 2.24) is 14.5 Å². The number of hydrogen-bond donors (Lipinski definition) is 1. The average Bonchev–Trinajstić information content (AvgIpc) is 2.91. The zero-order valence-electron chi connectivity index (χ0n) is 22.1. The predicted molar refractivity (Wildman–Crippen MR) is 150 cm³/mol. The van der Waals surface area contributed by atoms with Crippen molar-refractivity contribution >= 4 is 21.8 Å². The van der Waals surface area contributed by atoms with Crippen LogP contribution in [-0.2, 0) is 32.7 Å². The highest BCUT2D eigenvalue weighted by Gasteiger charge is 2.33. The lowest BCUT2D eigenvalue weighted by molar-refractivity contribution is -0.141. The fourth-order valence-electron chi connectivity index (χ4n) is 4.21. The van der Waals surface area contributed by atoms with Crippen LogP contribution in [0.1, 0.15) is 48.9 Å². The van der Waals surface area contributed by atoms with E-state index in [1.54, 1.807) is 0 Å². The number of benzene rings is 3. The molecule has 0 radical (unpaired) electrons. The maximum absolute atomic E-state index is 13.9. The molecular weight excluding hydrogens is 498 g/mol. The van der Waals surface area contributed by atoms with E-state index in [0.29, 0.717) is 12.1 Å². The lowest BCUT2D eigenvalue weighted by atomic mass is 10.0. The van der Waals surface area contributed by atoms with Crippen molar-refractivity contribution in [1.29, 1.82) is 0 Å². The van der Waals surface area contributed by atoms with Crippen LogP contribution in [-0.4, -0.2) is 48.8 Å². The van der Waals surface area contributed by atoms with Gasteiger partial charge in [0, 0.05) is 19.6 Å². The molecule has 1 atom stereocenters. The van der Waals surface area contributed by atoms with Crippen molar-refractivity contribution in [3.05, 3.63) is 108 Å². The van der Waals surface area contributed by atoms with E-state index in [2.05, 4.69) is 12.2 Å². The molecule has 0 saturated heterocycles. The first-order valence-electron chi connectivity index (χ1n) is 12.9. The van der Waals surface area contributed by atoms with Gasteiger partial charge < -0.3 is 10.2 Å². The summed E-state index contributed by atoms with van der Waals surface area (Å²) in [5.41, 5.74) is 2.28. The Morgan fingerprint density at radius 3 is 1.84 bits per heavy atom. The zero-order valence-corrected chi connectivity index (χ0v) is 22.9. The van der Waals surface area contributed by atoms with E-state index in [-0.39, 0.29) is 25.5 Å². The Kier molecular flexibility index (Phi) is 11.1. The van der Waals surface area contributed by atoms with Crippen molar-refractivity contribution in [2.75, 3.05) is 19.3 Å². The van der Waals surface area contributed by atoms with Gasteiger partial charge in [0.15, 0.2) is 0 Å². The maximum Gasteiger partial charge on any atom is 0.247 e. The second kappa shape index (κ2) is 14.4. The lowest BCUT2D eigenvalue weighted by Gasteiger charge is -2.33. The molecule has 0 bridgehead atoms. The van der Waals surface area contributed by atoms with Gasteiger partial charge >= 0.3 is 0 Å². The molecule has 3 rings (SSSR count). The Hall–Kier alpha value is -3.49. The van der Waals surface area contributed by atoms with Crippen LogP contribution in [0.3, 0.4) is 0 Å². The average molecular weight is 536 g/mol. The number of nitrogens with zero attached hydrogens (tertiary/aromatic N) is 2. The Balaban J connectivity index is 1.96. The normalized spacial score (nSPS) is 12.2. The maximum atomic E-state index is 13.9. The van der Waals surface area contributed by atoms with Crippen LogP contribution >= 0.6 is 0 Å². The molecule has 0 spiro atoms. The second-order valence-corrected chi connectivity index (χ2v) is 11.3. The van der Waals surface area contributed by atoms with Crippen molar-refractivity contribution < 1.29 is 18.0 Å². The van der Waals surface area contributed by atoms with E-state index in [1.165, 1.54) is 4.90 Å². The van der Waals surface area contributed by atoms with Crippen molar-refractivity contribution in [3.63, 3.8) is 0 Å². The minimum Gasteiger partial charge on any atom is -0.354 e. The Labute approximate surface area is 226 Å². The van der Waals surface area contributed by atoms with E-state index >= 15 is 0 Å². The van der Waals surface area contributed by atoms with E-state index in [1.807, 2.05) is 91.0 Å². The second-order valence-electron chi connectivity index (χ2n) is 9.34. The van der Waals surface area contributed by atoms with Gasteiger partial charge in [0.25, 0.3) is 0 Å². The van der Waals surface area contributed by atoms with Crippen LogP contribution in [0.15, 0.2) is 91.0 Å². The van der Waals surface area contributed by atoms with E-state index in [9.17, 15) is 18.0 Å². The van der Waals surface area contributed by atoms with Gasteiger partial charge in [-0.1, -0.05) is 111 Å². The van der Waals surface area contributed by atoms with Gasteiger partial charge in [-0.25, -0.2) is 8.42 Å². The summed E-state index contributed by atoms with van der Waals surface area (Å²) < 4.78 is 26.6. The Morgan fingerprint density at radius 2 is 1.32 bits per heavy atom. The first-order chi connectivity index (χ1) is 18.3. The smallest absolute Gasteiger partial charge is 0.247 e. The molecule has 3 aromatic carbocycles. The topological polar surface area (TPSA) is 86.8 Å². The van der Waals surface area contributed by atoms with Gasteiger partial charge in [0.2, 0.25) is 21.8 Å². The van der Waals surface area contributed by atoms with Crippen LogP contribution in [0.5, 0.6) is 0 Å². The molecule has 3 aromatic rings. The molecule has 202 valence electrons. The summed E-state index contributed by atoms with van der Waals surface area (Å²) in [6, 6.07) is 26.8. The molecule has 0 heterocycles. The van der Waals surface area contributed by atoms with E-state index in [4.69, 9.17) is 0 Å². The number of carbonyl (C=O) groups is 2. The third-order valence-corrected chi connectivity index (χ3v) is 7.45. The van der Waals surface area contributed by atoms with Gasteiger partial charge in [0.05, 0.1) is 12.8 Å². The highest BCUT2D eigenvalue weighted by atomic mass is 32.2. The predicted octanol–water partition coefficient (Wildman–Crippen LogP) is 4.52. The molecule has 7 nitrogen and oxygen atoms in total. The van der Waals surface area contributed by atoms with Crippen LogP contribution < -0.4 is 5.32 Å². The van der Waals surface area contributed by atoms with Crippen LogP contribution in [0, 0.1) is 0 Å². The number of carbonyl (C=O) groups excluding carboxylic acids is 2. The summed E-state index contributed by atoms with van der Waals surface area (Å²) in [4.78, 5) is 29.0. The fourth-order valence-corrected chi connectivity index (χ4v) is 4.94. The molecule has 0 fully saturated rings. The minimum atomic E-state index is -3.71. The molecule has 2 amide bonds. The van der Waals surface area contributed by atoms with Crippen molar-refractivity contribution in [2.24, 2.45) is 0 Å². The molecule has 0 unspecified atom stereocenters. The summed E-state index contributed by atoms with van der Waals surface area (Å²) >= 11 is 0. The highest BCUT2D eigenvalue weighted by molar-refractivity contribution is 7.88. The van der Waals surface area contributed by atoms with Gasteiger partial charge in [0.1, 0.15) is 6.04 Å². The lowest BCUT2D eigenvalue weighted by Crippen LogP contribution is -2.47. The summed E-state index contributed by atoms with van der Waals surface area (Å²) in [5, 5.41) is 3.00. The summed E-state index contributed by atoms with van der Waals surface area (Å²) in [5.74, 6) is -0.738. The molecule has 0 aliphatic rings. The zero-order chi connectivity index (χ0) is 27.4. The third-order valence-electron chi connectivity index (χ3n) is 6.25. The van der Waals surface area contributed by atoms with Crippen LogP contribution in [0.25, 0.3) is 0 Å². The Morgan fingerprint density at radius 1 is 0.789 bits per heavy atom. The monoisotopic (exact) mass is 535 g/mol. The molecule has 0 aliphatic heterocycles. The Bertz CT molecular complexity index is 1250. The SMILES string of the molecule is CCCCCNC(=O)[C@@H](c1ccccc1)N(Cc1ccccc1)C(=O)CN(Cc1ccccc1)S(C)(=O)=O. The number of hydrogen-bond acceptors (Lipinski definition) is 4. The molecule has 8 heteroatoms. The third kappa shape index (κ3) is 8.82. The number of unbranched alkanes of at least 4 members (excludes halogenated alkanes) is 2. The summed E-state index contributed by atoms with van der Waals surface area (Å²) in [6.07, 6.45) is 3.96. The van der Waals surface area contributed by atoms with E-state index in [0.717, 1.165) is 41.0 Å². The first kappa shape index (κ1) is 29.1. The highest BCUT2D eigenvalue weighted by Crippen LogP contribution is 2.25. The number of sulfonamides is 1. The summed E-state index contributed by atoms with van der Waals surface area (Å²) in [6.45, 7) is 2.44. The fraction of sp³-hybridized carbons (Fsp3) is 0.333. The first-order valence-corrected chi connectivity index (χ1v) is 14.8. The van der Waals surface area contributed by atoms with Crippen molar-refractivity contribution in [2.45, 2.75) is 45.3 Å². The quantitative estimate of drug-likeness (QED) is 0.308. The molecule has 1 N–H and O–H groups in total. The standard InChI is InChI=1S/C30H37N3O4S/c1-3-4-14-21-31-30(35)29(27-19-12-7-13-20-27)33(23-26-17-10-6-11-18-26)28(34)24-32(38(2,36)37)22-25-15-8-5-9-16-25/h5-13,15-20,29H,3-4,14,21-24H2,1-2H3,(H,31,35)/t29-/m1/s1. The van der Waals surface area contributed by atoms with Crippen LogP contribution in [0.2, 0.25) is 0 Å². The minimum absolute atomic E-state index is 0.0593. The molecule has 0 aromatic heterocycles. The number of nitrogens with one attached hydrogen (secondary N) is 1. The summed E-state index contributed by atoms with van der Waals surface area (Å²) in [7, 11) is -3.71. The molecule has 38 heavy (non-hydrogen) atoms. The molecular formula is C30H37N3O4S. The van der Waals surface area contributed by atoms with Gasteiger partial charge in [-0.3, -0.25) is 9.59 Å². The van der Waals surface area contributed by atoms with E-state index < -0.39 is 22.0 Å². The largest absolute Gasteiger partial charge is 0.354 e. The molecule has 0 aliphatic carbocycles. The van der Waals surface area contributed by atoms with Gasteiger partial charge in [-0.15, -0.1) is 0 Å². The molecule has 0 saturated carbocycles. The van der Waals surface area contributed by atoms with Gasteiger partial charge in [-0.2, -0.15) is 4.31 Å². The van der Waals surface area contributed by atoms with Crippen molar-refractivity contribution in [3.8, 4) is 0 Å². The van der Waals surface area contributed by atoms with Crippen LogP contribution in [0.4, 0.5) is 0 Å². The number of amides is 2.